The number of benzene rings is 8. The lowest BCUT2D eigenvalue weighted by Crippen LogP contribution is -2.49. The van der Waals surface area contributed by atoms with E-state index in [1.807, 2.05) is 12.1 Å². The number of methoxy groups -OCH3 is 2. The number of halogens is 20. The van der Waals surface area contributed by atoms with Gasteiger partial charge >= 0.3 is 0 Å². The number of hydrogen-bond donors (Lipinski definition) is 0. The van der Waals surface area contributed by atoms with E-state index >= 15 is 0 Å². The molecule has 0 atom stereocenters. The largest absolute Gasteiger partial charge is 0.496 e. The highest BCUT2D eigenvalue weighted by molar-refractivity contribution is 7.59. The van der Waals surface area contributed by atoms with Gasteiger partial charge in [-0.1, -0.05) is 60.7 Å². The first-order valence-corrected chi connectivity index (χ1v) is 22.0. The van der Waals surface area contributed by atoms with Crippen molar-refractivity contribution in [2.75, 3.05) is 14.2 Å². The van der Waals surface area contributed by atoms with E-state index in [9.17, 15) is 87.8 Å². The first-order valence-electron chi connectivity index (χ1n) is 21.4. The van der Waals surface area contributed by atoms with Crippen molar-refractivity contribution in [2.24, 2.45) is 0 Å². The van der Waals surface area contributed by atoms with E-state index in [-0.39, 0.29) is 5.25 Å². The third-order valence-electron chi connectivity index (χ3n) is 12.6. The third kappa shape index (κ3) is 9.88. The van der Waals surface area contributed by atoms with Crippen LogP contribution in [0.1, 0.15) is 38.6 Å². The summed E-state index contributed by atoms with van der Waals surface area (Å²) in [5.41, 5.74) is -6.75. The summed E-state index contributed by atoms with van der Waals surface area (Å²) in [5.74, 6) is -56.0. The van der Waals surface area contributed by atoms with Crippen LogP contribution in [0.4, 0.5) is 87.8 Å². The Bertz CT molecular complexity index is 3100. The lowest BCUT2D eigenvalue weighted by molar-refractivity contribution is 0.368. The molecule has 0 bridgehead atoms. The molecule has 0 saturated heterocycles. The van der Waals surface area contributed by atoms with Gasteiger partial charge in [-0.2, -0.15) is 0 Å². The highest BCUT2D eigenvalue weighted by Gasteiger charge is 2.40. The van der Waals surface area contributed by atoms with Crippen molar-refractivity contribution >= 4 is 40.3 Å². The average molecular weight is 1100 g/mol. The predicted molar refractivity (Wildman–Crippen MR) is 238 cm³/mol. The van der Waals surface area contributed by atoms with E-state index in [2.05, 4.69) is 73.3 Å². The second kappa shape index (κ2) is 21.6. The maximum absolute atomic E-state index is 14.9. The Hall–Kier alpha value is -7.11. The van der Waals surface area contributed by atoms with Crippen molar-refractivity contribution in [1.82, 2.24) is 0 Å². The van der Waals surface area contributed by atoms with E-state index < -0.39 is 170 Å². The van der Waals surface area contributed by atoms with E-state index in [0.29, 0.717) is 0 Å². The summed E-state index contributed by atoms with van der Waals surface area (Å²) in [4.78, 5) is 0. The average Bonchev–Trinajstić information content (AvgIpc) is 3.42. The van der Waals surface area contributed by atoms with Crippen molar-refractivity contribution < 1.29 is 97.3 Å². The minimum absolute atomic E-state index is 0.0721. The lowest BCUT2D eigenvalue weighted by atomic mass is 9.16. The van der Waals surface area contributed by atoms with Crippen molar-refractivity contribution in [3.63, 3.8) is 0 Å². The molecule has 0 aliphatic rings. The van der Waals surface area contributed by atoms with Gasteiger partial charge in [0.25, 0.3) is 0 Å². The zero-order valence-electron chi connectivity index (χ0n) is 37.8. The molecule has 0 aromatic heterocycles. The second-order valence-electron chi connectivity index (χ2n) is 17.0. The molecule has 8 rings (SSSR count). The van der Waals surface area contributed by atoms with Crippen LogP contribution in [0.25, 0.3) is 21.5 Å². The topological polar surface area (TPSA) is 18.5 Å². The first-order chi connectivity index (χ1) is 35.3. The molecular weight excluding hydrogens is 1070 g/mol. The van der Waals surface area contributed by atoms with Gasteiger partial charge < -0.3 is 9.47 Å². The van der Waals surface area contributed by atoms with Crippen LogP contribution < -0.4 is 9.47 Å². The number of rotatable bonds is 12. The molecule has 24 heteroatoms. The first kappa shape index (κ1) is 55.6. The van der Waals surface area contributed by atoms with Crippen LogP contribution in [-0.4, -0.2) is 20.4 Å². The molecule has 0 radical (unpaired) electrons. The number of ether oxygens (including phenoxy) is 2. The summed E-state index contributed by atoms with van der Waals surface area (Å²) >= 11 is 4.02. The van der Waals surface area contributed by atoms with Gasteiger partial charge in [-0.05, 0) is 68.6 Å². The molecule has 8 aromatic rings. The molecule has 0 fully saturated rings. The second-order valence-corrected chi connectivity index (χ2v) is 17.6. The van der Waals surface area contributed by atoms with Crippen LogP contribution in [0.5, 0.6) is 11.5 Å². The van der Waals surface area contributed by atoms with Gasteiger partial charge in [-0.3, -0.25) is 0 Å². The smallest absolute Gasteiger partial charge is 0.200 e. The summed E-state index contributed by atoms with van der Waals surface area (Å²) in [7, 11) is 3.43. The van der Waals surface area contributed by atoms with Crippen LogP contribution in [0.2, 0.25) is 0 Å². The van der Waals surface area contributed by atoms with Crippen molar-refractivity contribution in [3.8, 4) is 11.5 Å². The molecule has 75 heavy (non-hydrogen) atoms. The Morgan fingerprint density at radius 3 is 0.760 bits per heavy atom. The molecular formula is C51H29BF20O2S. The summed E-state index contributed by atoms with van der Waals surface area (Å²) in [6.45, 7) is 0. The maximum atomic E-state index is 14.9. The predicted octanol–water partition coefficient (Wildman–Crippen LogP) is 14.5. The fourth-order valence-corrected chi connectivity index (χ4v) is 9.73. The molecule has 0 N–H and O–H groups in total. The minimum Gasteiger partial charge on any atom is -0.496 e. The highest BCUT2D eigenvalue weighted by atomic mass is 32.1. The van der Waals surface area contributed by atoms with Gasteiger partial charge in [0.2, 0.25) is 23.3 Å². The SMILES string of the molecule is COc1ccc2ccccc2c1C([SH2+])c1c(OC)ccc2ccccc12.Fc1c(F)c(F)c(C[B-](Cc2c(F)c(F)c(F)c(F)c2F)(Cc2c(F)c(F)c(F)c(F)c2F)Cc2c(F)c(F)c(F)c(F)c2F)c(F)c1F. The zero-order valence-corrected chi connectivity index (χ0v) is 38.8. The standard InChI is InChI=1S/C28H8BF20.C23H20O2S/c30-9-5(10(31)18(39)25(46)17(9)38)1-29(2-6-11(32)19(40)26(47)20(41)12(6)33,3-7-13(34)21(42)27(48)22(43)14(7)35)4-8-15(36)23(44)28(49)24(45)16(8)37;1-24-19-13-11-15-7-3-5-9-17(15)21(19)23(26)22-18-10-6-4-8-16(18)12-14-20(22)25-2/h1-4H2;3-14,23,26H,1-2H3/q-1;/p+1. The van der Waals surface area contributed by atoms with Crippen molar-refractivity contribution in [3.05, 3.63) is 223 Å². The van der Waals surface area contributed by atoms with Gasteiger partial charge in [0.05, 0.1) is 25.3 Å². The quantitative estimate of drug-likeness (QED) is 0.0399. The third-order valence-corrected chi connectivity index (χ3v) is 13.2. The fourth-order valence-electron chi connectivity index (χ4n) is 9.13. The van der Waals surface area contributed by atoms with Gasteiger partial charge in [0.15, 0.2) is 98.3 Å². The molecule has 0 spiro atoms. The van der Waals surface area contributed by atoms with E-state index in [1.54, 1.807) is 14.2 Å². The molecule has 0 aliphatic heterocycles. The Morgan fingerprint density at radius 2 is 0.533 bits per heavy atom. The molecule has 0 saturated carbocycles. The van der Waals surface area contributed by atoms with Gasteiger partial charge in [0, 0.05) is 6.15 Å². The van der Waals surface area contributed by atoms with Crippen LogP contribution in [0.3, 0.4) is 0 Å². The van der Waals surface area contributed by atoms with Crippen LogP contribution in [0, 0.1) is 116 Å². The van der Waals surface area contributed by atoms with Crippen molar-refractivity contribution in [1.29, 1.82) is 0 Å². The number of hydrogen-bond acceptors (Lipinski definition) is 2. The van der Waals surface area contributed by atoms with E-state index in [0.717, 1.165) is 22.6 Å². The van der Waals surface area contributed by atoms with E-state index in [4.69, 9.17) is 9.47 Å². The molecule has 0 unspecified atom stereocenters. The van der Waals surface area contributed by atoms with Gasteiger partial charge in [-0.15, -0.1) is 25.3 Å². The molecule has 2 nitrogen and oxygen atoms in total. The van der Waals surface area contributed by atoms with Crippen LogP contribution in [-0.2, 0) is 37.9 Å². The zero-order chi connectivity index (χ0) is 55.3. The summed E-state index contributed by atoms with van der Waals surface area (Å²) in [5, 5.41) is 4.64. The normalized spacial score (nSPS) is 11.7. The Kier molecular flexibility index (Phi) is 16.0. The Morgan fingerprint density at radius 1 is 0.320 bits per heavy atom. The molecule has 8 aromatic carbocycles. The maximum Gasteiger partial charge on any atom is 0.200 e. The minimum atomic E-state index is -4.78. The lowest BCUT2D eigenvalue weighted by Gasteiger charge is -2.41. The monoisotopic (exact) mass is 1100 g/mol. The number of fused-ring (bicyclic) bond motifs is 2. The van der Waals surface area contributed by atoms with Gasteiger partial charge in [0.1, 0.15) is 11.5 Å². The van der Waals surface area contributed by atoms with Crippen LogP contribution >= 0.6 is 0 Å². The summed E-state index contributed by atoms with van der Waals surface area (Å²) in [6.07, 6.45) is -13.9. The van der Waals surface area contributed by atoms with Crippen molar-refractivity contribution in [2.45, 2.75) is 30.5 Å². The highest BCUT2D eigenvalue weighted by Crippen LogP contribution is 2.44. The fraction of sp³-hybridized carbons (Fsp3) is 0.137. The Balaban J connectivity index is 0.000000262. The molecule has 394 valence electrons. The molecule has 0 heterocycles. The van der Waals surface area contributed by atoms with E-state index in [1.165, 1.54) is 21.5 Å². The summed E-state index contributed by atoms with van der Waals surface area (Å²) < 4.78 is 299. The molecule has 0 amide bonds. The molecule has 0 aliphatic carbocycles. The summed E-state index contributed by atoms with van der Waals surface area (Å²) in [6, 6.07) is 25.0. The Labute approximate surface area is 415 Å². The van der Waals surface area contributed by atoms with Crippen LogP contribution in [0.15, 0.2) is 72.8 Å². The van der Waals surface area contributed by atoms with Gasteiger partial charge in [-0.25, -0.2) is 87.8 Å².